The van der Waals surface area contributed by atoms with Crippen molar-refractivity contribution in [3.05, 3.63) is 33.9 Å². The number of hydrogen-bond donors (Lipinski definition) is 2. The van der Waals surface area contributed by atoms with E-state index < -0.39 is 0 Å². The van der Waals surface area contributed by atoms with E-state index in [1.165, 1.54) is 12.8 Å². The number of piperidine rings is 1. The van der Waals surface area contributed by atoms with E-state index in [0.717, 1.165) is 18.8 Å². The third kappa shape index (κ3) is 3.44. The molecule has 104 valence electrons. The van der Waals surface area contributed by atoms with Gasteiger partial charge in [0.05, 0.1) is 4.92 Å². The van der Waals surface area contributed by atoms with Gasteiger partial charge in [0.25, 0.3) is 5.69 Å². The van der Waals surface area contributed by atoms with Gasteiger partial charge in [-0.2, -0.15) is 0 Å². The summed E-state index contributed by atoms with van der Waals surface area (Å²) in [5, 5.41) is 17.6. The van der Waals surface area contributed by atoms with Crippen molar-refractivity contribution >= 4 is 11.4 Å². The number of aryl methyl sites for hydroxylation is 1. The average Bonchev–Trinajstić information content (AvgIpc) is 2.39. The second-order valence-electron chi connectivity index (χ2n) is 5.30. The summed E-state index contributed by atoms with van der Waals surface area (Å²) >= 11 is 0. The van der Waals surface area contributed by atoms with Gasteiger partial charge in [0.1, 0.15) is 0 Å². The van der Waals surface area contributed by atoms with Gasteiger partial charge in [-0.15, -0.1) is 0 Å². The second-order valence-corrected chi connectivity index (χ2v) is 5.30. The average molecular weight is 263 g/mol. The SMILES string of the molecule is Cc1cc(NC(C)C2CCCNC2)ccc1[N+](=O)[O-]. The quantitative estimate of drug-likeness (QED) is 0.647. The Kier molecular flexibility index (Phi) is 4.37. The molecule has 0 aliphatic carbocycles. The summed E-state index contributed by atoms with van der Waals surface area (Å²) in [4.78, 5) is 10.4. The zero-order valence-corrected chi connectivity index (χ0v) is 11.5. The first-order chi connectivity index (χ1) is 9.08. The summed E-state index contributed by atoms with van der Waals surface area (Å²) in [7, 11) is 0. The summed E-state index contributed by atoms with van der Waals surface area (Å²) in [6.07, 6.45) is 2.45. The van der Waals surface area contributed by atoms with E-state index in [2.05, 4.69) is 17.6 Å². The van der Waals surface area contributed by atoms with Crippen molar-refractivity contribution in [2.24, 2.45) is 5.92 Å². The van der Waals surface area contributed by atoms with Crippen LogP contribution in [0, 0.1) is 23.0 Å². The van der Waals surface area contributed by atoms with Crippen LogP contribution in [-0.4, -0.2) is 24.1 Å². The fourth-order valence-electron chi connectivity index (χ4n) is 2.64. The maximum Gasteiger partial charge on any atom is 0.272 e. The smallest absolute Gasteiger partial charge is 0.272 e. The van der Waals surface area contributed by atoms with Gasteiger partial charge in [0.2, 0.25) is 0 Å². The predicted octanol–water partition coefficient (Wildman–Crippen LogP) is 2.70. The Morgan fingerprint density at radius 1 is 1.53 bits per heavy atom. The Hall–Kier alpha value is -1.62. The zero-order valence-electron chi connectivity index (χ0n) is 11.5. The standard InChI is InChI=1S/C14H21N3O2/c1-10-8-13(5-6-14(10)17(18)19)16-11(2)12-4-3-7-15-9-12/h5-6,8,11-12,15-16H,3-4,7,9H2,1-2H3. The van der Waals surface area contributed by atoms with E-state index in [-0.39, 0.29) is 10.6 Å². The van der Waals surface area contributed by atoms with E-state index >= 15 is 0 Å². The molecular formula is C14H21N3O2. The van der Waals surface area contributed by atoms with Crippen molar-refractivity contribution in [3.63, 3.8) is 0 Å². The van der Waals surface area contributed by atoms with E-state index in [0.29, 0.717) is 17.5 Å². The maximum atomic E-state index is 10.8. The molecule has 1 aromatic rings. The molecule has 1 saturated heterocycles. The van der Waals surface area contributed by atoms with Crippen LogP contribution in [-0.2, 0) is 0 Å². The number of rotatable bonds is 4. The van der Waals surface area contributed by atoms with Gasteiger partial charge >= 0.3 is 0 Å². The molecular weight excluding hydrogens is 242 g/mol. The number of nitrogens with zero attached hydrogens (tertiary/aromatic N) is 1. The summed E-state index contributed by atoms with van der Waals surface area (Å²) in [6.45, 7) is 6.10. The molecule has 0 radical (unpaired) electrons. The molecule has 0 amide bonds. The Labute approximate surface area is 113 Å². The lowest BCUT2D eigenvalue weighted by Crippen LogP contribution is -2.38. The molecule has 1 aliphatic rings. The summed E-state index contributed by atoms with van der Waals surface area (Å²) in [5.74, 6) is 0.615. The third-order valence-corrected chi connectivity index (χ3v) is 3.83. The minimum Gasteiger partial charge on any atom is -0.382 e. The zero-order chi connectivity index (χ0) is 13.8. The van der Waals surface area contributed by atoms with Crippen LogP contribution in [0.25, 0.3) is 0 Å². The minimum atomic E-state index is -0.340. The Morgan fingerprint density at radius 3 is 2.89 bits per heavy atom. The van der Waals surface area contributed by atoms with Crippen LogP contribution in [0.3, 0.4) is 0 Å². The van der Waals surface area contributed by atoms with Gasteiger partial charge in [-0.25, -0.2) is 0 Å². The number of anilines is 1. The number of nitrogens with one attached hydrogen (secondary N) is 2. The molecule has 1 fully saturated rings. The van der Waals surface area contributed by atoms with Crippen molar-refractivity contribution in [2.45, 2.75) is 32.7 Å². The fraction of sp³-hybridized carbons (Fsp3) is 0.571. The topological polar surface area (TPSA) is 67.2 Å². The highest BCUT2D eigenvalue weighted by Gasteiger charge is 2.20. The monoisotopic (exact) mass is 263 g/mol. The molecule has 2 unspecified atom stereocenters. The van der Waals surface area contributed by atoms with Crippen molar-refractivity contribution in [1.29, 1.82) is 0 Å². The lowest BCUT2D eigenvalue weighted by atomic mass is 9.92. The van der Waals surface area contributed by atoms with Crippen molar-refractivity contribution in [3.8, 4) is 0 Å². The van der Waals surface area contributed by atoms with Crippen LogP contribution in [0.2, 0.25) is 0 Å². The molecule has 2 rings (SSSR count). The van der Waals surface area contributed by atoms with Crippen molar-refractivity contribution < 1.29 is 4.92 Å². The Morgan fingerprint density at radius 2 is 2.32 bits per heavy atom. The van der Waals surface area contributed by atoms with Crippen LogP contribution in [0.1, 0.15) is 25.3 Å². The number of hydrogen-bond acceptors (Lipinski definition) is 4. The Balaban J connectivity index is 2.02. The van der Waals surface area contributed by atoms with Gasteiger partial charge in [-0.1, -0.05) is 0 Å². The molecule has 1 heterocycles. The van der Waals surface area contributed by atoms with E-state index in [4.69, 9.17) is 0 Å². The first kappa shape index (κ1) is 13.8. The van der Waals surface area contributed by atoms with Crippen molar-refractivity contribution in [2.75, 3.05) is 18.4 Å². The third-order valence-electron chi connectivity index (χ3n) is 3.83. The first-order valence-corrected chi connectivity index (χ1v) is 6.80. The number of benzene rings is 1. The van der Waals surface area contributed by atoms with E-state index in [1.54, 1.807) is 19.1 Å². The van der Waals surface area contributed by atoms with Crippen LogP contribution in [0.4, 0.5) is 11.4 Å². The molecule has 1 aromatic carbocycles. The van der Waals surface area contributed by atoms with Gasteiger partial charge in [0, 0.05) is 23.4 Å². The molecule has 0 spiro atoms. The molecule has 5 nitrogen and oxygen atoms in total. The summed E-state index contributed by atoms with van der Waals surface area (Å²) in [6, 6.07) is 5.58. The highest BCUT2D eigenvalue weighted by molar-refractivity contribution is 5.54. The first-order valence-electron chi connectivity index (χ1n) is 6.80. The summed E-state index contributed by atoms with van der Waals surface area (Å²) in [5.41, 5.74) is 1.84. The van der Waals surface area contributed by atoms with Crippen molar-refractivity contribution in [1.82, 2.24) is 5.32 Å². The van der Waals surface area contributed by atoms with Crippen LogP contribution >= 0.6 is 0 Å². The summed E-state index contributed by atoms with van der Waals surface area (Å²) < 4.78 is 0. The van der Waals surface area contributed by atoms with Gasteiger partial charge < -0.3 is 10.6 Å². The molecule has 0 bridgehead atoms. The molecule has 5 heteroatoms. The van der Waals surface area contributed by atoms with Crippen LogP contribution in [0.15, 0.2) is 18.2 Å². The van der Waals surface area contributed by atoms with Gasteiger partial charge in [-0.3, -0.25) is 10.1 Å². The second kappa shape index (κ2) is 6.02. The molecule has 0 saturated carbocycles. The molecule has 2 atom stereocenters. The highest BCUT2D eigenvalue weighted by atomic mass is 16.6. The van der Waals surface area contributed by atoms with Crippen LogP contribution in [0.5, 0.6) is 0 Å². The van der Waals surface area contributed by atoms with Gasteiger partial charge in [-0.05, 0) is 57.8 Å². The lowest BCUT2D eigenvalue weighted by Gasteiger charge is -2.29. The van der Waals surface area contributed by atoms with E-state index in [9.17, 15) is 10.1 Å². The number of nitro benzene ring substituents is 1. The predicted molar refractivity (Wildman–Crippen MR) is 76.5 cm³/mol. The fourth-order valence-corrected chi connectivity index (χ4v) is 2.64. The normalized spacial score (nSPS) is 20.8. The number of nitro groups is 1. The minimum absolute atomic E-state index is 0.178. The highest BCUT2D eigenvalue weighted by Crippen LogP contribution is 2.24. The molecule has 1 aliphatic heterocycles. The molecule has 0 aromatic heterocycles. The Bertz CT molecular complexity index is 456. The lowest BCUT2D eigenvalue weighted by molar-refractivity contribution is -0.385. The van der Waals surface area contributed by atoms with Crippen LogP contribution < -0.4 is 10.6 Å². The molecule has 19 heavy (non-hydrogen) atoms. The van der Waals surface area contributed by atoms with E-state index in [1.807, 2.05) is 6.07 Å². The maximum absolute atomic E-state index is 10.8. The largest absolute Gasteiger partial charge is 0.382 e. The van der Waals surface area contributed by atoms with Gasteiger partial charge in [0.15, 0.2) is 0 Å². The molecule has 2 N–H and O–H groups in total.